The Kier molecular flexibility index (Phi) is 5.31. The average Bonchev–Trinajstić information content (AvgIpc) is 3.04. The molecule has 1 unspecified atom stereocenters. The summed E-state index contributed by atoms with van der Waals surface area (Å²) >= 11 is 1.67. The van der Waals surface area contributed by atoms with Crippen molar-refractivity contribution in [1.29, 1.82) is 0 Å². The molecule has 3 heterocycles. The third-order valence-electron chi connectivity index (χ3n) is 5.50. The highest BCUT2D eigenvalue weighted by Crippen LogP contribution is 2.32. The van der Waals surface area contributed by atoms with E-state index in [1.165, 1.54) is 22.6 Å². The molecule has 1 saturated heterocycles. The predicted molar refractivity (Wildman–Crippen MR) is 104 cm³/mol. The van der Waals surface area contributed by atoms with Crippen molar-refractivity contribution in [3.8, 4) is 0 Å². The molecular formula is C20H26N4OS. The Hall–Kier alpha value is -1.79. The Morgan fingerprint density at radius 2 is 2.19 bits per heavy atom. The first-order chi connectivity index (χ1) is 12.7. The van der Waals surface area contributed by atoms with Gasteiger partial charge in [-0.3, -0.25) is 14.7 Å². The number of piperidine rings is 1. The number of likely N-dealkylation sites (tertiary alicyclic amines) is 1. The normalized spacial score (nSPS) is 21.3. The number of carbonyl (C=O) groups is 1. The van der Waals surface area contributed by atoms with E-state index in [1.54, 1.807) is 17.5 Å². The summed E-state index contributed by atoms with van der Waals surface area (Å²) in [5.41, 5.74) is 2.44. The molecule has 0 radical (unpaired) electrons. The smallest absolute Gasteiger partial charge is 0.229 e. The summed E-state index contributed by atoms with van der Waals surface area (Å²) < 4.78 is 0. The van der Waals surface area contributed by atoms with Gasteiger partial charge < -0.3 is 5.32 Å². The largest absolute Gasteiger partial charge is 0.302 e. The van der Waals surface area contributed by atoms with E-state index in [4.69, 9.17) is 0 Å². The van der Waals surface area contributed by atoms with Gasteiger partial charge in [0.1, 0.15) is 0 Å². The number of thiazole rings is 1. The van der Waals surface area contributed by atoms with Crippen molar-refractivity contribution in [1.82, 2.24) is 14.9 Å². The van der Waals surface area contributed by atoms with Crippen molar-refractivity contribution in [3.63, 3.8) is 0 Å². The molecule has 138 valence electrons. The van der Waals surface area contributed by atoms with Crippen molar-refractivity contribution in [2.24, 2.45) is 11.8 Å². The monoisotopic (exact) mass is 370 g/mol. The van der Waals surface area contributed by atoms with Gasteiger partial charge in [0, 0.05) is 29.7 Å². The molecule has 5 nitrogen and oxygen atoms in total. The second-order valence-electron chi connectivity index (χ2n) is 7.64. The van der Waals surface area contributed by atoms with E-state index in [2.05, 4.69) is 33.2 Å². The molecule has 1 N–H and O–H groups in total. The van der Waals surface area contributed by atoms with Gasteiger partial charge in [-0.1, -0.05) is 13.0 Å². The predicted octanol–water partition coefficient (Wildman–Crippen LogP) is 3.51. The lowest BCUT2D eigenvalue weighted by Gasteiger charge is -2.31. The van der Waals surface area contributed by atoms with E-state index < -0.39 is 0 Å². The van der Waals surface area contributed by atoms with Gasteiger partial charge in [-0.2, -0.15) is 0 Å². The standard InChI is InChI=1S/C20H26N4OS/c1-14-4-5-17-18(11-14)26-20(22-17)23-19(25)16-6-9-24(10-7-16)13-15-3-2-8-21-12-15/h2-3,8,12,14,16H,4-7,9-11,13H2,1H3,(H,22,23,25). The zero-order chi connectivity index (χ0) is 17.9. The minimum atomic E-state index is 0.0972. The van der Waals surface area contributed by atoms with Crippen LogP contribution in [0, 0.1) is 11.8 Å². The zero-order valence-electron chi connectivity index (χ0n) is 15.3. The van der Waals surface area contributed by atoms with E-state index in [0.717, 1.165) is 56.4 Å². The first-order valence-electron chi connectivity index (χ1n) is 9.58. The lowest BCUT2D eigenvalue weighted by Crippen LogP contribution is -2.37. The minimum absolute atomic E-state index is 0.0972. The molecule has 2 aliphatic rings. The Morgan fingerprint density at radius 1 is 1.35 bits per heavy atom. The number of rotatable bonds is 4. The van der Waals surface area contributed by atoms with Crippen LogP contribution in [0.4, 0.5) is 5.13 Å². The molecule has 0 spiro atoms. The third-order valence-corrected chi connectivity index (χ3v) is 6.54. The number of nitrogens with one attached hydrogen (secondary N) is 1. The van der Waals surface area contributed by atoms with Crippen LogP contribution in [-0.4, -0.2) is 33.9 Å². The number of pyridine rings is 1. The van der Waals surface area contributed by atoms with Gasteiger partial charge in [0.25, 0.3) is 0 Å². The SMILES string of the molecule is CC1CCc2nc(NC(=O)C3CCN(Cc4cccnc4)CC3)sc2C1. The maximum absolute atomic E-state index is 12.6. The summed E-state index contributed by atoms with van der Waals surface area (Å²) in [5, 5.41) is 3.89. The number of aryl methyl sites for hydroxylation is 1. The molecule has 1 aliphatic carbocycles. The molecule has 1 amide bonds. The molecule has 2 aromatic heterocycles. The highest BCUT2D eigenvalue weighted by Gasteiger charge is 2.26. The number of anilines is 1. The molecule has 2 aromatic rings. The van der Waals surface area contributed by atoms with Crippen LogP contribution in [0.2, 0.25) is 0 Å². The van der Waals surface area contributed by atoms with Gasteiger partial charge in [0.05, 0.1) is 5.69 Å². The van der Waals surface area contributed by atoms with Gasteiger partial charge in [-0.25, -0.2) is 4.98 Å². The fourth-order valence-corrected chi connectivity index (χ4v) is 5.08. The lowest BCUT2D eigenvalue weighted by molar-refractivity contribution is -0.121. The second-order valence-corrected chi connectivity index (χ2v) is 8.72. The van der Waals surface area contributed by atoms with Crippen LogP contribution in [0.5, 0.6) is 0 Å². The number of nitrogens with zero attached hydrogens (tertiary/aromatic N) is 3. The van der Waals surface area contributed by atoms with Gasteiger partial charge in [-0.05, 0) is 62.7 Å². The highest BCUT2D eigenvalue weighted by molar-refractivity contribution is 7.15. The van der Waals surface area contributed by atoms with Crippen molar-refractivity contribution in [3.05, 3.63) is 40.7 Å². The van der Waals surface area contributed by atoms with Gasteiger partial charge in [0.15, 0.2) is 5.13 Å². The van der Waals surface area contributed by atoms with Gasteiger partial charge >= 0.3 is 0 Å². The first kappa shape index (κ1) is 17.6. The van der Waals surface area contributed by atoms with Crippen LogP contribution in [0.15, 0.2) is 24.5 Å². The van der Waals surface area contributed by atoms with Crippen LogP contribution in [0.3, 0.4) is 0 Å². The van der Waals surface area contributed by atoms with Gasteiger partial charge in [0.2, 0.25) is 5.91 Å². The van der Waals surface area contributed by atoms with Crippen molar-refractivity contribution in [2.75, 3.05) is 18.4 Å². The quantitative estimate of drug-likeness (QED) is 0.895. The van der Waals surface area contributed by atoms with E-state index in [0.29, 0.717) is 0 Å². The molecule has 6 heteroatoms. The van der Waals surface area contributed by atoms with Crippen LogP contribution in [0.1, 0.15) is 42.3 Å². The molecule has 26 heavy (non-hydrogen) atoms. The Morgan fingerprint density at radius 3 is 2.96 bits per heavy atom. The van der Waals surface area contributed by atoms with Crippen molar-refractivity contribution in [2.45, 2.75) is 45.6 Å². The average molecular weight is 371 g/mol. The fraction of sp³-hybridized carbons (Fsp3) is 0.550. The van der Waals surface area contributed by atoms with Gasteiger partial charge in [-0.15, -0.1) is 11.3 Å². The summed E-state index contributed by atoms with van der Waals surface area (Å²) in [4.78, 5) is 25.2. The lowest BCUT2D eigenvalue weighted by atomic mass is 9.93. The first-order valence-corrected chi connectivity index (χ1v) is 10.4. The summed E-state index contributed by atoms with van der Waals surface area (Å²) in [5.74, 6) is 0.973. The minimum Gasteiger partial charge on any atom is -0.302 e. The summed E-state index contributed by atoms with van der Waals surface area (Å²) in [6.07, 6.45) is 8.91. The van der Waals surface area contributed by atoms with Crippen LogP contribution in [0.25, 0.3) is 0 Å². The number of amides is 1. The maximum atomic E-state index is 12.6. The Labute approximate surface area is 158 Å². The fourth-order valence-electron chi connectivity index (χ4n) is 3.90. The van der Waals surface area contributed by atoms with E-state index >= 15 is 0 Å². The number of carbonyl (C=O) groups excluding carboxylic acids is 1. The number of aromatic nitrogens is 2. The van der Waals surface area contributed by atoms with Crippen LogP contribution in [-0.2, 0) is 24.2 Å². The highest BCUT2D eigenvalue weighted by atomic mass is 32.1. The van der Waals surface area contributed by atoms with Crippen molar-refractivity contribution >= 4 is 22.4 Å². The number of hydrogen-bond donors (Lipinski definition) is 1. The number of hydrogen-bond acceptors (Lipinski definition) is 5. The summed E-state index contributed by atoms with van der Waals surface area (Å²) in [7, 11) is 0. The van der Waals surface area contributed by atoms with E-state index in [9.17, 15) is 4.79 Å². The summed E-state index contributed by atoms with van der Waals surface area (Å²) in [6, 6.07) is 4.08. The number of fused-ring (bicyclic) bond motifs is 1. The van der Waals surface area contributed by atoms with E-state index in [1.807, 2.05) is 12.3 Å². The van der Waals surface area contributed by atoms with Crippen LogP contribution < -0.4 is 5.32 Å². The molecule has 0 saturated carbocycles. The van der Waals surface area contributed by atoms with Crippen molar-refractivity contribution < 1.29 is 4.79 Å². The maximum Gasteiger partial charge on any atom is 0.229 e. The molecule has 4 rings (SSSR count). The second kappa shape index (κ2) is 7.84. The van der Waals surface area contributed by atoms with E-state index in [-0.39, 0.29) is 11.8 Å². The Balaban J connectivity index is 1.29. The molecule has 0 bridgehead atoms. The topological polar surface area (TPSA) is 58.1 Å². The molecule has 1 atom stereocenters. The molecule has 1 fully saturated rings. The third kappa shape index (κ3) is 4.13. The molecule has 1 aliphatic heterocycles. The zero-order valence-corrected chi connectivity index (χ0v) is 16.1. The molecular weight excluding hydrogens is 344 g/mol. The van der Waals surface area contributed by atoms with Crippen LogP contribution >= 0.6 is 11.3 Å². The molecule has 0 aromatic carbocycles. The Bertz CT molecular complexity index is 752. The summed E-state index contributed by atoms with van der Waals surface area (Å²) in [6.45, 7) is 5.12.